The molecule has 0 spiro atoms. The summed E-state index contributed by atoms with van der Waals surface area (Å²) in [6.45, 7) is 1.14. The first-order chi connectivity index (χ1) is 18.2. The smallest absolute Gasteiger partial charge is 0.338 e. The van der Waals surface area contributed by atoms with Crippen molar-refractivity contribution in [3.63, 3.8) is 0 Å². The van der Waals surface area contributed by atoms with Crippen LogP contribution in [0.25, 0.3) is 0 Å². The number of likely N-dealkylation sites (N-methyl/N-ethyl adjacent to an activating group) is 1. The molecule has 1 saturated heterocycles. The van der Waals surface area contributed by atoms with Crippen LogP contribution in [-0.2, 0) is 27.8 Å². The fourth-order valence-electron chi connectivity index (χ4n) is 4.18. The number of rotatable bonds is 11. The zero-order valence-electron chi connectivity index (χ0n) is 21.4. The first kappa shape index (κ1) is 27.5. The minimum Gasteiger partial charge on any atom is -0.493 e. The Balaban J connectivity index is 1.28. The molecule has 2 aromatic carbocycles. The molecular weight excluding hydrogens is 517 g/mol. The minimum atomic E-state index is -3.50. The van der Waals surface area contributed by atoms with E-state index in [1.165, 1.54) is 30.7 Å². The molecular formula is C25H30FN5O6S. The predicted octanol–water partition coefficient (Wildman–Crippen LogP) is 1.79. The molecule has 0 saturated carbocycles. The lowest BCUT2D eigenvalue weighted by atomic mass is 10.2. The third-order valence-corrected chi connectivity index (χ3v) is 8.16. The molecule has 0 radical (unpaired) electrons. The van der Waals surface area contributed by atoms with Crippen molar-refractivity contribution >= 4 is 16.0 Å². The molecule has 2 heterocycles. The molecule has 13 heteroatoms. The number of esters is 1. The van der Waals surface area contributed by atoms with E-state index < -0.39 is 16.0 Å². The van der Waals surface area contributed by atoms with Crippen molar-refractivity contribution in [2.24, 2.45) is 0 Å². The summed E-state index contributed by atoms with van der Waals surface area (Å²) >= 11 is 0. The number of nitrogens with zero attached hydrogens (tertiary/aromatic N) is 5. The largest absolute Gasteiger partial charge is 0.493 e. The maximum Gasteiger partial charge on any atom is 0.338 e. The molecule has 1 fully saturated rings. The molecule has 1 aromatic heterocycles. The molecule has 0 amide bonds. The number of hydrogen-bond donors (Lipinski definition) is 0. The van der Waals surface area contributed by atoms with Crippen LogP contribution in [0.4, 0.5) is 4.39 Å². The Bertz CT molecular complexity index is 1380. The van der Waals surface area contributed by atoms with Gasteiger partial charge < -0.3 is 14.2 Å². The summed E-state index contributed by atoms with van der Waals surface area (Å²) in [4.78, 5) is 14.3. The summed E-state index contributed by atoms with van der Waals surface area (Å²) in [5, 5.41) is 8.12. The highest BCUT2D eigenvalue weighted by molar-refractivity contribution is 7.89. The van der Waals surface area contributed by atoms with Crippen LogP contribution in [0.15, 0.2) is 48.7 Å². The van der Waals surface area contributed by atoms with E-state index in [1.54, 1.807) is 48.3 Å². The molecule has 1 aliphatic heterocycles. The van der Waals surface area contributed by atoms with Crippen molar-refractivity contribution < 1.29 is 31.8 Å². The summed E-state index contributed by atoms with van der Waals surface area (Å²) in [7, 11) is 1.28. The number of benzene rings is 2. The lowest BCUT2D eigenvalue weighted by molar-refractivity contribution is 0.0457. The lowest BCUT2D eigenvalue weighted by Crippen LogP contribution is -2.38. The van der Waals surface area contributed by atoms with Gasteiger partial charge in [0.1, 0.15) is 12.4 Å². The van der Waals surface area contributed by atoms with Gasteiger partial charge in [-0.05, 0) is 42.9 Å². The van der Waals surface area contributed by atoms with Crippen molar-refractivity contribution in [3.05, 3.63) is 71.3 Å². The van der Waals surface area contributed by atoms with Crippen LogP contribution in [0.3, 0.4) is 0 Å². The second-order valence-electron chi connectivity index (χ2n) is 8.95. The van der Waals surface area contributed by atoms with E-state index in [0.717, 1.165) is 5.56 Å². The highest BCUT2D eigenvalue weighted by Gasteiger charge is 2.38. The van der Waals surface area contributed by atoms with Gasteiger partial charge in [-0.1, -0.05) is 17.3 Å². The third kappa shape index (κ3) is 6.65. The number of carbonyl (C=O) groups is 1. The average molecular weight is 548 g/mol. The van der Waals surface area contributed by atoms with Crippen LogP contribution in [0.1, 0.15) is 21.6 Å². The topological polar surface area (TPSA) is 116 Å². The summed E-state index contributed by atoms with van der Waals surface area (Å²) in [6.07, 6.45) is 1.66. The summed E-state index contributed by atoms with van der Waals surface area (Å²) in [5.74, 6) is 0.0253. The maximum atomic E-state index is 13.4. The molecule has 0 bridgehead atoms. The number of hydrogen-bond acceptors (Lipinski definition) is 9. The van der Waals surface area contributed by atoms with Crippen molar-refractivity contribution in [1.29, 1.82) is 0 Å². The van der Waals surface area contributed by atoms with Crippen LogP contribution in [-0.4, -0.2) is 91.3 Å². The zero-order chi connectivity index (χ0) is 27.3. The first-order valence-corrected chi connectivity index (χ1v) is 13.5. The second-order valence-corrected chi connectivity index (χ2v) is 11.0. The Kier molecular flexibility index (Phi) is 8.59. The molecule has 0 aliphatic carbocycles. The highest BCUT2D eigenvalue weighted by atomic mass is 32.2. The van der Waals surface area contributed by atoms with E-state index in [4.69, 9.17) is 14.2 Å². The van der Waals surface area contributed by atoms with E-state index in [-0.39, 0.29) is 37.3 Å². The number of aromatic nitrogens is 3. The van der Waals surface area contributed by atoms with Crippen LogP contribution < -0.4 is 9.47 Å². The van der Waals surface area contributed by atoms with Gasteiger partial charge in [-0.2, -0.15) is 4.31 Å². The van der Waals surface area contributed by atoms with Gasteiger partial charge in [-0.15, -0.1) is 5.10 Å². The van der Waals surface area contributed by atoms with Gasteiger partial charge in [0.2, 0.25) is 10.0 Å². The molecule has 3 aromatic rings. The quantitative estimate of drug-likeness (QED) is 0.331. The molecule has 1 unspecified atom stereocenters. The van der Waals surface area contributed by atoms with Gasteiger partial charge in [0.15, 0.2) is 11.5 Å². The number of ether oxygens (including phenoxy) is 3. The summed E-state index contributed by atoms with van der Waals surface area (Å²) < 4.78 is 57.7. The molecule has 204 valence electrons. The van der Waals surface area contributed by atoms with Crippen LogP contribution in [0.2, 0.25) is 0 Å². The van der Waals surface area contributed by atoms with Gasteiger partial charge in [-0.3, -0.25) is 4.90 Å². The zero-order valence-corrected chi connectivity index (χ0v) is 22.2. The van der Waals surface area contributed by atoms with Crippen LogP contribution in [0.5, 0.6) is 11.5 Å². The van der Waals surface area contributed by atoms with E-state index in [1.807, 2.05) is 4.90 Å². The molecule has 4 rings (SSSR count). The van der Waals surface area contributed by atoms with Crippen LogP contribution >= 0.6 is 0 Å². The Labute approximate surface area is 220 Å². The van der Waals surface area contributed by atoms with E-state index in [2.05, 4.69) is 10.3 Å². The van der Waals surface area contributed by atoms with Gasteiger partial charge in [0.05, 0.1) is 50.5 Å². The van der Waals surface area contributed by atoms with E-state index in [0.29, 0.717) is 35.8 Å². The first-order valence-electron chi connectivity index (χ1n) is 11.9. The van der Waals surface area contributed by atoms with Crippen molar-refractivity contribution in [2.45, 2.75) is 19.1 Å². The monoisotopic (exact) mass is 547 g/mol. The fraction of sp³-hybridized carbons (Fsp3) is 0.400. The molecule has 1 aliphatic rings. The van der Waals surface area contributed by atoms with Gasteiger partial charge in [0, 0.05) is 19.1 Å². The van der Waals surface area contributed by atoms with Gasteiger partial charge >= 0.3 is 5.97 Å². The SMILES string of the molecule is COc1ccc(C(=O)OCCN(C)C2CN(Cc3cn(Cc4cccc(F)c4)nn3)S(=O)(=O)C2)cc1OC. The van der Waals surface area contributed by atoms with E-state index in [9.17, 15) is 17.6 Å². The highest BCUT2D eigenvalue weighted by Crippen LogP contribution is 2.28. The van der Waals surface area contributed by atoms with Gasteiger partial charge in [-0.25, -0.2) is 22.3 Å². The van der Waals surface area contributed by atoms with Crippen molar-refractivity contribution in [1.82, 2.24) is 24.2 Å². The maximum absolute atomic E-state index is 13.4. The number of sulfonamides is 1. The molecule has 38 heavy (non-hydrogen) atoms. The van der Waals surface area contributed by atoms with Gasteiger partial charge in [0.25, 0.3) is 0 Å². The summed E-state index contributed by atoms with van der Waals surface area (Å²) in [6, 6.07) is 10.7. The summed E-state index contributed by atoms with van der Waals surface area (Å²) in [5.41, 5.74) is 1.55. The van der Waals surface area contributed by atoms with Crippen molar-refractivity contribution in [2.75, 3.05) is 46.7 Å². The Hall–Kier alpha value is -3.55. The lowest BCUT2D eigenvalue weighted by Gasteiger charge is -2.22. The Morgan fingerprint density at radius 2 is 1.92 bits per heavy atom. The minimum absolute atomic E-state index is 0.0510. The Morgan fingerprint density at radius 1 is 1.13 bits per heavy atom. The second kappa shape index (κ2) is 11.9. The fourth-order valence-corrected chi connectivity index (χ4v) is 5.97. The average Bonchev–Trinajstić information content (AvgIpc) is 3.46. The Morgan fingerprint density at radius 3 is 2.66 bits per heavy atom. The molecule has 0 N–H and O–H groups in total. The predicted molar refractivity (Wildman–Crippen MR) is 136 cm³/mol. The normalized spacial score (nSPS) is 17.0. The number of methoxy groups -OCH3 is 2. The number of halogens is 1. The molecule has 1 atom stereocenters. The van der Waals surface area contributed by atoms with Crippen LogP contribution in [0, 0.1) is 5.82 Å². The van der Waals surface area contributed by atoms with Crippen molar-refractivity contribution in [3.8, 4) is 11.5 Å². The third-order valence-electron chi connectivity index (χ3n) is 6.29. The number of carbonyl (C=O) groups excluding carboxylic acids is 1. The standard InChI is InChI=1S/C25H30FN5O6S/c1-29(9-10-37-25(32)19-7-8-23(35-2)24(12-19)36-3)22-16-31(38(33,34)17-22)15-21-14-30(28-27-21)13-18-5-4-6-20(26)11-18/h4-8,11-12,14,22H,9-10,13,15-17H2,1-3H3. The van der Waals surface area contributed by atoms with E-state index >= 15 is 0 Å². The molecule has 11 nitrogen and oxygen atoms in total.